The van der Waals surface area contributed by atoms with E-state index in [4.69, 9.17) is 14.2 Å². The number of non-ortho nitro benzene ring substituents is 1. The molecule has 224 valence electrons. The predicted molar refractivity (Wildman–Crippen MR) is 160 cm³/mol. The average molecular weight is 617 g/mol. The lowest BCUT2D eigenvalue weighted by molar-refractivity contribution is -0.394. The molecule has 1 aliphatic heterocycles. The van der Waals surface area contributed by atoms with Gasteiger partial charge >= 0.3 is 11.7 Å². The Morgan fingerprint density at radius 3 is 2.43 bits per heavy atom. The maximum absolute atomic E-state index is 14.0. The van der Waals surface area contributed by atoms with Gasteiger partial charge < -0.3 is 14.2 Å². The van der Waals surface area contributed by atoms with Crippen LogP contribution in [0.25, 0.3) is 6.08 Å². The van der Waals surface area contributed by atoms with Crippen LogP contribution in [0.1, 0.15) is 31.0 Å². The van der Waals surface area contributed by atoms with Crippen LogP contribution < -0.4 is 24.4 Å². The molecule has 0 saturated heterocycles. The first kappa shape index (κ1) is 29.8. The van der Waals surface area contributed by atoms with E-state index in [9.17, 15) is 29.8 Å². The van der Waals surface area contributed by atoms with Crippen LogP contribution in [0.2, 0.25) is 0 Å². The topological polar surface area (TPSA) is 165 Å². The van der Waals surface area contributed by atoms with Crippen LogP contribution >= 0.6 is 11.3 Å². The number of hydrogen-bond acceptors (Lipinski definition) is 11. The largest absolute Gasteiger partial charge is 0.497 e. The first-order chi connectivity index (χ1) is 21.1. The van der Waals surface area contributed by atoms with Crippen molar-refractivity contribution in [1.82, 2.24) is 4.57 Å². The maximum Gasteiger partial charge on any atom is 0.338 e. The van der Waals surface area contributed by atoms with Gasteiger partial charge in [-0.25, -0.2) is 9.79 Å². The molecule has 44 heavy (non-hydrogen) atoms. The number of thiazole rings is 1. The van der Waals surface area contributed by atoms with Gasteiger partial charge in [-0.3, -0.25) is 29.6 Å². The van der Waals surface area contributed by atoms with E-state index in [1.807, 2.05) is 0 Å². The van der Waals surface area contributed by atoms with Crippen molar-refractivity contribution in [2.24, 2.45) is 4.99 Å². The number of hydrogen-bond donors (Lipinski definition) is 0. The molecule has 0 unspecified atom stereocenters. The third kappa shape index (κ3) is 5.70. The summed E-state index contributed by atoms with van der Waals surface area (Å²) in [6.45, 7) is 3.51. The number of para-hydroxylation sites is 1. The lowest BCUT2D eigenvalue weighted by Gasteiger charge is -2.24. The SMILES string of the molecule is CCOC(=O)C1=C(C)N=c2s/c(=C\c3ccccc3Oc3ccc([N+](=O)[O-])cc3[N+](=O)[O-])c(=O)n2[C@H]1c1ccc(OC)cc1. The lowest BCUT2D eigenvalue weighted by Crippen LogP contribution is -2.39. The van der Waals surface area contributed by atoms with Gasteiger partial charge in [0.05, 0.1) is 51.5 Å². The second-order valence-electron chi connectivity index (χ2n) is 9.38. The summed E-state index contributed by atoms with van der Waals surface area (Å²) in [6.07, 6.45) is 1.56. The highest BCUT2D eigenvalue weighted by molar-refractivity contribution is 7.07. The number of allylic oxidation sites excluding steroid dienone is 1. The zero-order valence-corrected chi connectivity index (χ0v) is 24.4. The highest BCUT2D eigenvalue weighted by Gasteiger charge is 2.33. The number of benzene rings is 3. The molecule has 0 aliphatic carbocycles. The van der Waals surface area contributed by atoms with Crippen LogP contribution in [0.4, 0.5) is 11.4 Å². The van der Waals surface area contributed by atoms with E-state index in [-0.39, 0.29) is 28.2 Å². The summed E-state index contributed by atoms with van der Waals surface area (Å²) in [5.41, 5.74) is 0.214. The zero-order chi connectivity index (χ0) is 31.5. The minimum absolute atomic E-state index is 0.138. The van der Waals surface area contributed by atoms with E-state index >= 15 is 0 Å². The van der Waals surface area contributed by atoms with Crippen LogP contribution in [0.3, 0.4) is 0 Å². The molecule has 0 N–H and O–H groups in total. The van der Waals surface area contributed by atoms with Crippen LogP contribution in [-0.2, 0) is 9.53 Å². The number of nitro groups is 2. The van der Waals surface area contributed by atoms with E-state index in [0.29, 0.717) is 27.4 Å². The van der Waals surface area contributed by atoms with Gasteiger partial charge in [0.15, 0.2) is 4.80 Å². The highest BCUT2D eigenvalue weighted by Crippen LogP contribution is 2.36. The molecule has 14 heteroatoms. The van der Waals surface area contributed by atoms with Gasteiger partial charge in [0.1, 0.15) is 11.5 Å². The van der Waals surface area contributed by atoms with Gasteiger partial charge in [0, 0.05) is 11.6 Å². The number of esters is 1. The average Bonchev–Trinajstić information content (AvgIpc) is 3.31. The van der Waals surface area contributed by atoms with Gasteiger partial charge in [0.25, 0.3) is 11.2 Å². The van der Waals surface area contributed by atoms with Crippen molar-refractivity contribution < 1.29 is 28.9 Å². The fourth-order valence-electron chi connectivity index (χ4n) is 4.69. The van der Waals surface area contributed by atoms with E-state index in [1.54, 1.807) is 68.5 Å². The Labute approximate surface area is 252 Å². The van der Waals surface area contributed by atoms with Gasteiger partial charge in [-0.05, 0) is 49.8 Å². The van der Waals surface area contributed by atoms with Gasteiger partial charge in [-0.15, -0.1) is 0 Å². The normalized spacial score (nSPS) is 14.4. The summed E-state index contributed by atoms with van der Waals surface area (Å²) in [4.78, 5) is 53.2. The standard InChI is InChI=1S/C30H24N4O9S/c1-4-42-29(36)26-17(2)31-30-32(27(26)18-9-12-21(41-3)13-10-18)28(35)25(44-30)15-19-7-5-6-8-23(19)43-24-14-11-20(33(37)38)16-22(24)34(39)40/h5-16,27H,4H2,1-3H3/b25-15-/t27-/m0/s1. The molecule has 1 aromatic heterocycles. The van der Waals surface area contributed by atoms with E-state index in [0.717, 1.165) is 29.5 Å². The zero-order valence-electron chi connectivity index (χ0n) is 23.6. The molecule has 0 fully saturated rings. The van der Waals surface area contributed by atoms with E-state index in [2.05, 4.69) is 4.99 Å². The molecule has 5 rings (SSSR count). The fraction of sp³-hybridized carbons (Fsp3) is 0.167. The number of carbonyl (C=O) groups excluding carboxylic acids is 1. The Morgan fingerprint density at radius 1 is 1.05 bits per heavy atom. The first-order valence-electron chi connectivity index (χ1n) is 13.2. The lowest BCUT2D eigenvalue weighted by atomic mass is 9.96. The molecule has 1 atom stereocenters. The number of carbonyl (C=O) groups is 1. The molecule has 4 aromatic rings. The molecule has 0 radical (unpaired) electrons. The molecule has 2 heterocycles. The van der Waals surface area contributed by atoms with Crippen molar-refractivity contribution in [3.63, 3.8) is 0 Å². The summed E-state index contributed by atoms with van der Waals surface area (Å²) in [5, 5.41) is 22.8. The summed E-state index contributed by atoms with van der Waals surface area (Å²) in [6, 6.07) is 15.8. The summed E-state index contributed by atoms with van der Waals surface area (Å²) in [5.74, 6) is -0.0285. The summed E-state index contributed by atoms with van der Waals surface area (Å²) >= 11 is 1.10. The molecular formula is C30H24N4O9S. The number of ether oxygens (including phenoxy) is 3. The number of fused-ring (bicyclic) bond motifs is 1. The molecule has 13 nitrogen and oxygen atoms in total. The third-order valence-corrected chi connectivity index (χ3v) is 7.71. The van der Waals surface area contributed by atoms with E-state index in [1.165, 1.54) is 11.7 Å². The van der Waals surface area contributed by atoms with Gasteiger partial charge in [-0.1, -0.05) is 41.7 Å². The number of nitro benzene ring substituents is 2. The monoisotopic (exact) mass is 616 g/mol. The summed E-state index contributed by atoms with van der Waals surface area (Å²) in [7, 11) is 1.54. The Bertz CT molecular complexity index is 2010. The first-order valence-corrected chi connectivity index (χ1v) is 14.0. The minimum Gasteiger partial charge on any atom is -0.497 e. The third-order valence-electron chi connectivity index (χ3n) is 6.72. The molecule has 3 aromatic carbocycles. The number of rotatable bonds is 9. The molecule has 0 saturated carbocycles. The van der Waals surface area contributed by atoms with Crippen LogP contribution in [0, 0.1) is 20.2 Å². The Balaban J connectivity index is 1.63. The Morgan fingerprint density at radius 2 is 1.77 bits per heavy atom. The van der Waals surface area contributed by atoms with Crippen molar-refractivity contribution >= 4 is 34.8 Å². The van der Waals surface area contributed by atoms with Crippen molar-refractivity contribution in [3.05, 3.63) is 129 Å². The van der Waals surface area contributed by atoms with Crippen LogP contribution in [0.5, 0.6) is 17.2 Å². The molecule has 0 amide bonds. The highest BCUT2D eigenvalue weighted by atomic mass is 32.1. The Hall–Kier alpha value is -5.63. The van der Waals surface area contributed by atoms with Gasteiger partial charge in [-0.2, -0.15) is 0 Å². The van der Waals surface area contributed by atoms with Crippen molar-refractivity contribution in [2.45, 2.75) is 19.9 Å². The molecule has 1 aliphatic rings. The second-order valence-corrected chi connectivity index (χ2v) is 10.4. The minimum atomic E-state index is -0.826. The van der Waals surface area contributed by atoms with Crippen molar-refractivity contribution in [3.8, 4) is 17.2 Å². The molecular weight excluding hydrogens is 592 g/mol. The van der Waals surface area contributed by atoms with Crippen molar-refractivity contribution in [1.29, 1.82) is 0 Å². The van der Waals surface area contributed by atoms with Gasteiger partial charge in [0.2, 0.25) is 5.75 Å². The number of nitrogens with zero attached hydrogens (tertiary/aromatic N) is 4. The molecule has 0 bridgehead atoms. The van der Waals surface area contributed by atoms with Crippen LogP contribution in [0.15, 0.2) is 87.8 Å². The number of methoxy groups -OCH3 is 1. The quantitative estimate of drug-likeness (QED) is 0.150. The summed E-state index contributed by atoms with van der Waals surface area (Å²) < 4.78 is 18.1. The van der Waals surface area contributed by atoms with E-state index < -0.39 is 38.8 Å². The predicted octanol–water partition coefficient (Wildman–Crippen LogP) is 4.42. The van der Waals surface area contributed by atoms with Crippen LogP contribution in [-0.4, -0.2) is 34.1 Å². The fourth-order valence-corrected chi connectivity index (χ4v) is 5.73. The maximum atomic E-state index is 14.0. The second kappa shape index (κ2) is 12.3. The van der Waals surface area contributed by atoms with Crippen molar-refractivity contribution in [2.75, 3.05) is 13.7 Å². The number of aromatic nitrogens is 1. The smallest absolute Gasteiger partial charge is 0.338 e. The Kier molecular flexibility index (Phi) is 8.35. The molecule has 0 spiro atoms.